The Morgan fingerprint density at radius 3 is 2.26 bits per heavy atom. The number of rotatable bonds is 6. The van der Waals surface area contributed by atoms with Gasteiger partial charge in [0.1, 0.15) is 0 Å². The second-order valence-electron chi connectivity index (χ2n) is 6.08. The van der Waals surface area contributed by atoms with Gasteiger partial charge in [-0.15, -0.1) is 35.3 Å². The Hall–Kier alpha value is -0.830. The van der Waals surface area contributed by atoms with Gasteiger partial charge in [0.05, 0.1) is 6.54 Å². The molecule has 0 spiro atoms. The van der Waals surface area contributed by atoms with Gasteiger partial charge in [0.15, 0.2) is 5.96 Å². The van der Waals surface area contributed by atoms with Crippen molar-refractivity contribution in [1.82, 2.24) is 16.0 Å². The van der Waals surface area contributed by atoms with Gasteiger partial charge in [0.2, 0.25) is 5.91 Å². The van der Waals surface area contributed by atoms with Gasteiger partial charge in [-0.3, -0.25) is 9.79 Å². The van der Waals surface area contributed by atoms with Gasteiger partial charge in [-0.25, -0.2) is 0 Å². The molecule has 132 valence electrons. The quantitative estimate of drug-likeness (QED) is 0.269. The predicted molar refractivity (Wildman–Crippen MR) is 110 cm³/mol. The van der Waals surface area contributed by atoms with Gasteiger partial charge < -0.3 is 16.0 Å². The monoisotopic (exact) mass is 452 g/mol. The fraction of sp³-hybridized carbons (Fsp3) is 0.625. The largest absolute Gasteiger partial charge is 0.355 e. The molecule has 0 saturated carbocycles. The molecule has 0 aliphatic rings. The molecule has 1 rings (SSSR count). The second-order valence-corrected chi connectivity index (χ2v) is 7.33. The summed E-state index contributed by atoms with van der Waals surface area (Å²) in [5.41, 5.74) is -0.351. The number of thiophene rings is 1. The van der Waals surface area contributed by atoms with Gasteiger partial charge in [-0.2, -0.15) is 0 Å². The molecule has 1 aromatic rings. The zero-order valence-electron chi connectivity index (χ0n) is 14.7. The summed E-state index contributed by atoms with van der Waals surface area (Å²) >= 11 is 1.82. The lowest BCUT2D eigenvalue weighted by Crippen LogP contribution is -2.43. The topological polar surface area (TPSA) is 65.5 Å². The highest BCUT2D eigenvalue weighted by molar-refractivity contribution is 14.0. The van der Waals surface area contributed by atoms with Crippen molar-refractivity contribution < 1.29 is 4.79 Å². The average molecular weight is 452 g/mol. The molecule has 1 heterocycles. The third-order valence-electron chi connectivity index (χ3n) is 3.10. The van der Waals surface area contributed by atoms with Crippen molar-refractivity contribution in [1.29, 1.82) is 0 Å². The lowest BCUT2D eigenvalue weighted by molar-refractivity contribution is -0.128. The minimum atomic E-state index is -0.351. The lowest BCUT2D eigenvalue weighted by Gasteiger charge is -2.18. The van der Waals surface area contributed by atoms with Crippen LogP contribution in [0.3, 0.4) is 0 Å². The molecule has 0 unspecified atom stereocenters. The fourth-order valence-corrected chi connectivity index (χ4v) is 2.62. The molecule has 5 nitrogen and oxygen atoms in total. The summed E-state index contributed by atoms with van der Waals surface area (Å²) in [4.78, 5) is 18.6. The van der Waals surface area contributed by atoms with Crippen molar-refractivity contribution in [2.45, 2.75) is 40.7 Å². The second kappa shape index (κ2) is 10.9. The number of halogens is 1. The van der Waals surface area contributed by atoms with E-state index in [1.807, 2.05) is 32.1 Å². The van der Waals surface area contributed by atoms with Crippen LogP contribution in [0.25, 0.3) is 0 Å². The van der Waals surface area contributed by atoms with Gasteiger partial charge in [0, 0.05) is 35.3 Å². The van der Waals surface area contributed by atoms with Gasteiger partial charge >= 0.3 is 0 Å². The Kier molecular flexibility index (Phi) is 10.5. The van der Waals surface area contributed by atoms with E-state index in [9.17, 15) is 4.79 Å². The number of guanidine groups is 1. The van der Waals surface area contributed by atoms with Crippen LogP contribution in [0.5, 0.6) is 0 Å². The zero-order chi connectivity index (χ0) is 16.6. The SMILES string of the molecule is CCc1ccc(CNC(=NC)NCCNC(=O)C(C)(C)C)s1.I. The van der Waals surface area contributed by atoms with Gasteiger partial charge in [-0.1, -0.05) is 27.7 Å². The minimum Gasteiger partial charge on any atom is -0.355 e. The van der Waals surface area contributed by atoms with E-state index in [1.54, 1.807) is 7.05 Å². The highest BCUT2D eigenvalue weighted by Crippen LogP contribution is 2.16. The van der Waals surface area contributed by atoms with Crippen molar-refractivity contribution in [2.24, 2.45) is 10.4 Å². The van der Waals surface area contributed by atoms with Crippen LogP contribution in [0.2, 0.25) is 0 Å². The minimum absolute atomic E-state index is 0. The van der Waals surface area contributed by atoms with E-state index in [2.05, 4.69) is 40.0 Å². The maximum Gasteiger partial charge on any atom is 0.225 e. The first-order valence-electron chi connectivity index (χ1n) is 7.67. The molecule has 0 aliphatic carbocycles. The number of hydrogen-bond acceptors (Lipinski definition) is 3. The first-order valence-corrected chi connectivity index (χ1v) is 8.49. The number of carbonyl (C=O) groups excluding carboxylic acids is 1. The van der Waals surface area contributed by atoms with E-state index >= 15 is 0 Å². The molecule has 0 fully saturated rings. The molecule has 1 aromatic heterocycles. The Labute approximate surface area is 160 Å². The third-order valence-corrected chi connectivity index (χ3v) is 4.33. The van der Waals surface area contributed by atoms with Crippen LogP contribution in [0, 0.1) is 5.41 Å². The average Bonchev–Trinajstić information content (AvgIpc) is 2.93. The molecule has 0 atom stereocenters. The van der Waals surface area contributed by atoms with Gasteiger partial charge in [-0.05, 0) is 18.6 Å². The number of carbonyl (C=O) groups is 1. The van der Waals surface area contributed by atoms with Crippen molar-refractivity contribution >= 4 is 47.2 Å². The molecule has 0 radical (unpaired) electrons. The molecule has 1 amide bonds. The van der Waals surface area contributed by atoms with E-state index in [4.69, 9.17) is 0 Å². The predicted octanol–water partition coefficient (Wildman–Crippen LogP) is 2.76. The molecule has 0 aromatic carbocycles. The number of aliphatic imine (C=N–C) groups is 1. The van der Waals surface area contributed by atoms with Crippen LogP contribution in [0.15, 0.2) is 17.1 Å². The Balaban J connectivity index is 0.00000484. The molecule has 0 bridgehead atoms. The van der Waals surface area contributed by atoms with Crippen molar-refractivity contribution in [3.63, 3.8) is 0 Å². The van der Waals surface area contributed by atoms with Gasteiger partial charge in [0.25, 0.3) is 0 Å². The number of hydrogen-bond donors (Lipinski definition) is 3. The molecule has 0 aliphatic heterocycles. The van der Waals surface area contributed by atoms with Crippen LogP contribution in [0.4, 0.5) is 0 Å². The van der Waals surface area contributed by atoms with E-state index < -0.39 is 0 Å². The van der Waals surface area contributed by atoms with Crippen molar-refractivity contribution in [3.8, 4) is 0 Å². The Morgan fingerprint density at radius 1 is 1.13 bits per heavy atom. The first kappa shape index (κ1) is 22.2. The Morgan fingerprint density at radius 2 is 1.74 bits per heavy atom. The molecule has 3 N–H and O–H groups in total. The van der Waals surface area contributed by atoms with Crippen molar-refractivity contribution in [3.05, 3.63) is 21.9 Å². The summed E-state index contributed by atoms with van der Waals surface area (Å²) in [7, 11) is 1.75. The molecular weight excluding hydrogens is 423 g/mol. The van der Waals surface area contributed by atoms with E-state index in [0.29, 0.717) is 13.1 Å². The lowest BCUT2D eigenvalue weighted by atomic mass is 9.96. The summed E-state index contributed by atoms with van der Waals surface area (Å²) in [5.74, 6) is 0.805. The van der Waals surface area contributed by atoms with Crippen LogP contribution >= 0.6 is 35.3 Å². The van der Waals surface area contributed by atoms with E-state index in [-0.39, 0.29) is 35.3 Å². The number of nitrogens with zero attached hydrogens (tertiary/aromatic N) is 1. The molecule has 0 saturated heterocycles. The third kappa shape index (κ3) is 8.55. The highest BCUT2D eigenvalue weighted by Gasteiger charge is 2.20. The summed E-state index contributed by atoms with van der Waals surface area (Å²) in [6.45, 7) is 9.86. The molecule has 23 heavy (non-hydrogen) atoms. The van der Waals surface area contributed by atoms with Crippen LogP contribution in [-0.2, 0) is 17.8 Å². The smallest absolute Gasteiger partial charge is 0.225 e. The number of nitrogens with one attached hydrogen (secondary N) is 3. The van der Waals surface area contributed by atoms with Crippen LogP contribution in [-0.4, -0.2) is 32.0 Å². The first-order chi connectivity index (χ1) is 10.4. The van der Waals surface area contributed by atoms with Crippen LogP contribution < -0.4 is 16.0 Å². The summed E-state index contributed by atoms with van der Waals surface area (Å²) in [6, 6.07) is 4.31. The standard InChI is InChI=1S/C16H28N4OS.HI/c1-6-12-7-8-13(22-12)11-20-15(17-5)19-10-9-18-14(21)16(2,3)4;/h7-8H,6,9-11H2,1-5H3,(H,18,21)(H2,17,19,20);1H. The molecule has 7 heteroatoms. The van der Waals surface area contributed by atoms with Crippen LogP contribution in [0.1, 0.15) is 37.4 Å². The Bertz CT molecular complexity index is 508. The maximum absolute atomic E-state index is 11.7. The van der Waals surface area contributed by atoms with E-state index in [1.165, 1.54) is 9.75 Å². The van der Waals surface area contributed by atoms with Crippen molar-refractivity contribution in [2.75, 3.05) is 20.1 Å². The highest BCUT2D eigenvalue weighted by atomic mass is 127. The summed E-state index contributed by atoms with van der Waals surface area (Å²) < 4.78 is 0. The zero-order valence-corrected chi connectivity index (χ0v) is 17.8. The van der Waals surface area contributed by atoms with E-state index in [0.717, 1.165) is 18.9 Å². The summed E-state index contributed by atoms with van der Waals surface area (Å²) in [6.07, 6.45) is 1.07. The number of amides is 1. The number of aryl methyl sites for hydroxylation is 1. The normalized spacial score (nSPS) is 11.6. The fourth-order valence-electron chi connectivity index (χ4n) is 1.72. The maximum atomic E-state index is 11.7. The summed E-state index contributed by atoms with van der Waals surface area (Å²) in [5, 5.41) is 9.38. The molecular formula is C16H29IN4OS.